The van der Waals surface area contributed by atoms with E-state index in [4.69, 9.17) is 9.47 Å². The smallest absolute Gasteiger partial charge is 0.407 e. The van der Waals surface area contributed by atoms with Crippen molar-refractivity contribution >= 4 is 12.1 Å². The summed E-state index contributed by atoms with van der Waals surface area (Å²) in [7, 11) is 0. The van der Waals surface area contributed by atoms with Gasteiger partial charge in [-0.15, -0.1) is 0 Å². The molecule has 0 bridgehead atoms. The maximum absolute atomic E-state index is 12.7. The third kappa shape index (κ3) is 5.17. The van der Waals surface area contributed by atoms with Crippen molar-refractivity contribution in [1.29, 1.82) is 0 Å². The molecule has 0 saturated heterocycles. The van der Waals surface area contributed by atoms with Crippen LogP contribution in [0.15, 0.2) is 72.8 Å². The highest BCUT2D eigenvalue weighted by molar-refractivity contribution is 5.82. The van der Waals surface area contributed by atoms with Gasteiger partial charge in [0.25, 0.3) is 0 Å². The van der Waals surface area contributed by atoms with Gasteiger partial charge in [0, 0.05) is 12.3 Å². The highest BCUT2D eigenvalue weighted by Crippen LogP contribution is 2.44. The molecular formula is C27H27NO5. The Labute approximate surface area is 193 Å². The lowest BCUT2D eigenvalue weighted by atomic mass is 9.98. The van der Waals surface area contributed by atoms with Gasteiger partial charge in [0.05, 0.1) is 6.10 Å². The molecule has 1 aliphatic carbocycles. The van der Waals surface area contributed by atoms with Gasteiger partial charge in [-0.2, -0.15) is 0 Å². The predicted molar refractivity (Wildman–Crippen MR) is 125 cm³/mol. The second-order valence-corrected chi connectivity index (χ2v) is 8.38. The SMILES string of the molecule is CC(C)OC(=O)[C@H](Cc1ccc(O)cc1)NC(=O)OCC1c2ccccc2-c2ccccc21. The van der Waals surface area contributed by atoms with E-state index in [0.717, 1.165) is 27.8 Å². The van der Waals surface area contributed by atoms with Crippen LogP contribution < -0.4 is 5.32 Å². The molecule has 4 rings (SSSR count). The van der Waals surface area contributed by atoms with Gasteiger partial charge >= 0.3 is 12.1 Å². The molecule has 3 aromatic rings. The lowest BCUT2D eigenvalue weighted by Gasteiger charge is -2.20. The summed E-state index contributed by atoms with van der Waals surface area (Å²) in [5.41, 5.74) is 5.30. The molecule has 0 radical (unpaired) electrons. The number of benzene rings is 3. The number of hydrogen-bond acceptors (Lipinski definition) is 5. The van der Waals surface area contributed by atoms with Gasteiger partial charge in [-0.05, 0) is 53.8 Å². The average Bonchev–Trinajstić information content (AvgIpc) is 3.12. The third-order valence-electron chi connectivity index (χ3n) is 5.65. The number of phenolic OH excluding ortho intramolecular Hbond substituents is 1. The second kappa shape index (κ2) is 9.77. The number of carbonyl (C=O) groups is 2. The molecule has 0 heterocycles. The molecule has 0 aliphatic heterocycles. The zero-order valence-electron chi connectivity index (χ0n) is 18.7. The number of esters is 1. The zero-order valence-corrected chi connectivity index (χ0v) is 18.7. The van der Waals surface area contributed by atoms with E-state index >= 15 is 0 Å². The topological polar surface area (TPSA) is 84.9 Å². The highest BCUT2D eigenvalue weighted by atomic mass is 16.6. The first-order valence-corrected chi connectivity index (χ1v) is 11.0. The molecule has 0 aromatic heterocycles. The van der Waals surface area contributed by atoms with E-state index in [1.165, 1.54) is 12.1 Å². The highest BCUT2D eigenvalue weighted by Gasteiger charge is 2.30. The van der Waals surface area contributed by atoms with E-state index in [1.54, 1.807) is 26.0 Å². The zero-order chi connectivity index (χ0) is 23.4. The fourth-order valence-corrected chi connectivity index (χ4v) is 4.16. The van der Waals surface area contributed by atoms with Crippen LogP contribution >= 0.6 is 0 Å². The number of phenols is 1. The number of rotatable bonds is 7. The van der Waals surface area contributed by atoms with Crippen molar-refractivity contribution in [1.82, 2.24) is 5.32 Å². The maximum Gasteiger partial charge on any atom is 0.407 e. The number of nitrogens with one attached hydrogen (secondary N) is 1. The van der Waals surface area contributed by atoms with Crippen LogP contribution in [-0.2, 0) is 20.7 Å². The Bertz CT molecular complexity index is 1090. The summed E-state index contributed by atoms with van der Waals surface area (Å²) in [6.07, 6.45) is -0.777. The average molecular weight is 446 g/mol. The maximum atomic E-state index is 12.7. The minimum absolute atomic E-state index is 0.0682. The summed E-state index contributed by atoms with van der Waals surface area (Å²) in [5.74, 6) is -0.475. The van der Waals surface area contributed by atoms with Crippen molar-refractivity contribution in [3.05, 3.63) is 89.5 Å². The fourth-order valence-electron chi connectivity index (χ4n) is 4.16. The Morgan fingerprint density at radius 2 is 1.48 bits per heavy atom. The van der Waals surface area contributed by atoms with E-state index in [9.17, 15) is 14.7 Å². The van der Waals surface area contributed by atoms with Gasteiger partial charge in [0.1, 0.15) is 18.4 Å². The normalized spacial score (nSPS) is 13.2. The number of fused-ring (bicyclic) bond motifs is 3. The Kier molecular flexibility index (Phi) is 6.63. The van der Waals surface area contributed by atoms with Gasteiger partial charge < -0.3 is 19.9 Å². The van der Waals surface area contributed by atoms with Crippen molar-refractivity contribution in [3.8, 4) is 16.9 Å². The van der Waals surface area contributed by atoms with Crippen LogP contribution in [0, 0.1) is 0 Å². The molecule has 6 heteroatoms. The van der Waals surface area contributed by atoms with Crippen LogP contribution in [0.3, 0.4) is 0 Å². The minimum atomic E-state index is -0.910. The van der Waals surface area contributed by atoms with E-state index in [1.807, 2.05) is 24.3 Å². The molecule has 0 fully saturated rings. The van der Waals surface area contributed by atoms with Gasteiger partial charge in [0.2, 0.25) is 0 Å². The molecule has 1 amide bonds. The van der Waals surface area contributed by atoms with Gasteiger partial charge in [-0.3, -0.25) is 0 Å². The Morgan fingerprint density at radius 3 is 2.06 bits per heavy atom. The Morgan fingerprint density at radius 1 is 0.909 bits per heavy atom. The fraction of sp³-hybridized carbons (Fsp3) is 0.259. The summed E-state index contributed by atoms with van der Waals surface area (Å²) in [6.45, 7) is 3.66. The first-order chi connectivity index (χ1) is 15.9. The standard InChI is InChI=1S/C27H27NO5/c1-17(2)33-26(30)25(15-18-11-13-19(29)14-12-18)28-27(31)32-16-24-22-9-5-3-7-20(22)21-8-4-6-10-23(21)24/h3-14,17,24-25,29H,15-16H2,1-2H3,(H,28,31)/t25-/m0/s1. The quantitative estimate of drug-likeness (QED) is 0.511. The predicted octanol–water partition coefficient (Wildman–Crippen LogP) is 4.79. The lowest BCUT2D eigenvalue weighted by Crippen LogP contribution is -2.44. The monoisotopic (exact) mass is 445 g/mol. The van der Waals surface area contributed by atoms with Crippen molar-refractivity contribution in [2.75, 3.05) is 6.61 Å². The summed E-state index contributed by atoms with van der Waals surface area (Å²) in [5, 5.41) is 12.2. The van der Waals surface area contributed by atoms with Crippen LogP contribution in [0.2, 0.25) is 0 Å². The van der Waals surface area contributed by atoms with Crippen molar-refractivity contribution < 1.29 is 24.2 Å². The van der Waals surface area contributed by atoms with Crippen molar-refractivity contribution in [2.24, 2.45) is 0 Å². The van der Waals surface area contributed by atoms with E-state index in [2.05, 4.69) is 29.6 Å². The molecule has 0 unspecified atom stereocenters. The number of carbonyl (C=O) groups excluding carboxylic acids is 2. The summed E-state index contributed by atoms with van der Waals surface area (Å²) < 4.78 is 10.9. The number of alkyl carbamates (subject to hydrolysis) is 1. The molecule has 0 saturated carbocycles. The molecule has 0 spiro atoms. The number of aromatic hydroxyl groups is 1. The number of amides is 1. The Balaban J connectivity index is 1.45. The van der Waals surface area contributed by atoms with Crippen molar-refractivity contribution in [3.63, 3.8) is 0 Å². The second-order valence-electron chi connectivity index (χ2n) is 8.38. The van der Waals surface area contributed by atoms with Crippen LogP contribution in [0.5, 0.6) is 5.75 Å². The molecule has 2 N–H and O–H groups in total. The Hall–Kier alpha value is -3.80. The van der Waals surface area contributed by atoms with Gasteiger partial charge in [0.15, 0.2) is 0 Å². The summed E-state index contributed by atoms with van der Waals surface area (Å²) >= 11 is 0. The molecule has 1 aliphatic rings. The molecule has 1 atom stereocenters. The van der Waals surface area contributed by atoms with Crippen LogP contribution in [-0.4, -0.2) is 35.9 Å². The third-order valence-corrected chi connectivity index (χ3v) is 5.65. The van der Waals surface area contributed by atoms with Crippen LogP contribution in [0.1, 0.15) is 36.5 Å². The first kappa shape index (κ1) is 22.4. The van der Waals surface area contributed by atoms with E-state index in [0.29, 0.717) is 0 Å². The number of ether oxygens (including phenoxy) is 2. The van der Waals surface area contributed by atoms with E-state index < -0.39 is 18.1 Å². The van der Waals surface area contributed by atoms with Gasteiger partial charge in [-0.1, -0.05) is 60.7 Å². The minimum Gasteiger partial charge on any atom is -0.508 e. The molecule has 33 heavy (non-hydrogen) atoms. The first-order valence-electron chi connectivity index (χ1n) is 11.0. The summed E-state index contributed by atoms with van der Waals surface area (Å²) in [6, 6.07) is 21.8. The summed E-state index contributed by atoms with van der Waals surface area (Å²) in [4.78, 5) is 25.3. The molecular weight excluding hydrogens is 418 g/mol. The van der Waals surface area contributed by atoms with Crippen LogP contribution in [0.4, 0.5) is 4.79 Å². The van der Waals surface area contributed by atoms with Crippen molar-refractivity contribution in [2.45, 2.75) is 38.3 Å². The van der Waals surface area contributed by atoms with E-state index in [-0.39, 0.29) is 30.8 Å². The lowest BCUT2D eigenvalue weighted by molar-refractivity contribution is -0.149. The van der Waals surface area contributed by atoms with Gasteiger partial charge in [-0.25, -0.2) is 9.59 Å². The molecule has 3 aromatic carbocycles. The molecule has 6 nitrogen and oxygen atoms in total. The molecule has 170 valence electrons. The van der Waals surface area contributed by atoms with Crippen LogP contribution in [0.25, 0.3) is 11.1 Å². The number of hydrogen-bond donors (Lipinski definition) is 2. The largest absolute Gasteiger partial charge is 0.508 e.